The lowest BCUT2D eigenvalue weighted by Crippen LogP contribution is -2.15. The third-order valence-corrected chi connectivity index (χ3v) is 6.56. The quantitative estimate of drug-likeness (QED) is 0.505. The van der Waals surface area contributed by atoms with Gasteiger partial charge in [0.15, 0.2) is 0 Å². The fraction of sp³-hybridized carbons (Fsp3) is 0.0952. The van der Waals surface area contributed by atoms with E-state index in [1.807, 2.05) is 67.6 Å². The molecule has 6 heteroatoms. The number of nitrogens with one attached hydrogen (secondary N) is 1. The van der Waals surface area contributed by atoms with Crippen LogP contribution in [0.3, 0.4) is 0 Å². The molecule has 0 saturated carbocycles. The van der Waals surface area contributed by atoms with Crippen molar-refractivity contribution < 1.29 is 8.42 Å². The Morgan fingerprint density at radius 3 is 2.44 bits per heavy atom. The number of hydrogen-bond donors (Lipinski definition) is 1. The van der Waals surface area contributed by atoms with E-state index in [1.54, 1.807) is 17.4 Å². The summed E-state index contributed by atoms with van der Waals surface area (Å²) < 4.78 is 28.8. The second-order valence-electron chi connectivity index (χ2n) is 6.36. The van der Waals surface area contributed by atoms with Crippen LogP contribution >= 0.6 is 11.3 Å². The van der Waals surface area contributed by atoms with Gasteiger partial charge in [0.25, 0.3) is 0 Å². The number of aromatic nitrogens is 1. The van der Waals surface area contributed by atoms with Crippen LogP contribution in [-0.2, 0) is 15.8 Å². The molecule has 0 spiro atoms. The fourth-order valence-corrected chi connectivity index (χ4v) is 5.13. The highest BCUT2D eigenvalue weighted by Gasteiger charge is 2.14. The summed E-state index contributed by atoms with van der Waals surface area (Å²) in [4.78, 5) is 4.66. The number of sulfonamides is 1. The highest BCUT2D eigenvalue weighted by molar-refractivity contribution is 7.91. The number of thiazole rings is 1. The zero-order valence-electron chi connectivity index (χ0n) is 14.7. The third-order valence-electron chi connectivity index (χ3n) is 4.23. The number of fused-ring (bicyclic) bond motifs is 1. The van der Waals surface area contributed by atoms with Crippen LogP contribution in [0.25, 0.3) is 20.8 Å². The van der Waals surface area contributed by atoms with E-state index in [0.29, 0.717) is 5.69 Å². The molecule has 0 bridgehead atoms. The summed E-state index contributed by atoms with van der Waals surface area (Å²) in [6.07, 6.45) is 0. The zero-order chi connectivity index (χ0) is 18.9. The lowest BCUT2D eigenvalue weighted by Gasteiger charge is -2.11. The summed E-state index contributed by atoms with van der Waals surface area (Å²) in [5, 5.41) is 0.929. The van der Waals surface area contributed by atoms with E-state index < -0.39 is 10.0 Å². The van der Waals surface area contributed by atoms with E-state index >= 15 is 0 Å². The zero-order valence-corrected chi connectivity index (χ0v) is 16.3. The van der Waals surface area contributed by atoms with Crippen LogP contribution in [0.2, 0.25) is 0 Å². The van der Waals surface area contributed by atoms with Gasteiger partial charge in [0.05, 0.1) is 21.7 Å². The van der Waals surface area contributed by atoms with E-state index in [-0.39, 0.29) is 5.75 Å². The SMILES string of the molecule is Cc1cc(-c2nc3ccccc3s2)ccc1NS(=O)(=O)Cc1ccccc1. The molecular weight excluding hydrogens is 376 g/mol. The van der Waals surface area contributed by atoms with E-state index in [2.05, 4.69) is 15.8 Å². The number of benzene rings is 3. The van der Waals surface area contributed by atoms with Crippen molar-refractivity contribution in [2.24, 2.45) is 0 Å². The fourth-order valence-electron chi connectivity index (χ4n) is 2.90. The first-order valence-corrected chi connectivity index (χ1v) is 11.0. The lowest BCUT2D eigenvalue weighted by atomic mass is 10.1. The Morgan fingerprint density at radius 1 is 0.963 bits per heavy atom. The van der Waals surface area contributed by atoms with Gasteiger partial charge in [-0.3, -0.25) is 4.72 Å². The van der Waals surface area contributed by atoms with Gasteiger partial charge in [-0.15, -0.1) is 11.3 Å². The summed E-state index contributed by atoms with van der Waals surface area (Å²) in [5.74, 6) is -0.0487. The largest absolute Gasteiger partial charge is 0.283 e. The van der Waals surface area contributed by atoms with Gasteiger partial charge in [0.1, 0.15) is 5.01 Å². The minimum atomic E-state index is -3.47. The van der Waals surface area contributed by atoms with Crippen molar-refractivity contribution in [1.29, 1.82) is 0 Å². The molecule has 0 atom stereocenters. The summed E-state index contributed by atoms with van der Waals surface area (Å²) >= 11 is 1.63. The Hall–Kier alpha value is -2.70. The Balaban J connectivity index is 1.58. The highest BCUT2D eigenvalue weighted by Crippen LogP contribution is 2.32. The molecule has 0 aliphatic heterocycles. The first-order valence-electron chi connectivity index (χ1n) is 8.51. The van der Waals surface area contributed by atoms with Crippen molar-refractivity contribution >= 4 is 37.3 Å². The number of nitrogens with zero attached hydrogens (tertiary/aromatic N) is 1. The number of rotatable bonds is 5. The summed E-state index contributed by atoms with van der Waals surface area (Å²) in [7, 11) is -3.47. The maximum absolute atomic E-state index is 12.5. The first kappa shape index (κ1) is 17.7. The van der Waals surface area contributed by atoms with Crippen molar-refractivity contribution in [2.45, 2.75) is 12.7 Å². The topological polar surface area (TPSA) is 59.1 Å². The van der Waals surface area contributed by atoms with E-state index in [4.69, 9.17) is 0 Å². The van der Waals surface area contributed by atoms with Gasteiger partial charge < -0.3 is 0 Å². The van der Waals surface area contributed by atoms with Crippen LogP contribution in [0, 0.1) is 6.92 Å². The second-order valence-corrected chi connectivity index (χ2v) is 9.12. The number of aryl methyl sites for hydroxylation is 1. The van der Waals surface area contributed by atoms with Gasteiger partial charge in [-0.25, -0.2) is 13.4 Å². The van der Waals surface area contributed by atoms with E-state index in [1.165, 1.54) is 0 Å². The molecule has 0 amide bonds. The van der Waals surface area contributed by atoms with Gasteiger partial charge in [0, 0.05) is 5.56 Å². The van der Waals surface area contributed by atoms with Crippen LogP contribution in [-0.4, -0.2) is 13.4 Å². The molecule has 4 nitrogen and oxygen atoms in total. The molecule has 4 rings (SSSR count). The van der Waals surface area contributed by atoms with Gasteiger partial charge in [-0.2, -0.15) is 0 Å². The molecule has 0 aliphatic rings. The van der Waals surface area contributed by atoms with Crippen molar-refractivity contribution in [2.75, 3.05) is 4.72 Å². The van der Waals surface area contributed by atoms with Crippen LogP contribution in [0.1, 0.15) is 11.1 Å². The summed E-state index contributed by atoms with van der Waals surface area (Å²) in [6, 6.07) is 22.9. The Morgan fingerprint density at radius 2 is 1.70 bits per heavy atom. The van der Waals surface area contributed by atoms with Gasteiger partial charge in [0.2, 0.25) is 10.0 Å². The van der Waals surface area contributed by atoms with Crippen LogP contribution in [0.4, 0.5) is 5.69 Å². The molecule has 1 heterocycles. The molecule has 1 aromatic heterocycles. The highest BCUT2D eigenvalue weighted by atomic mass is 32.2. The summed E-state index contributed by atoms with van der Waals surface area (Å²) in [5.41, 5.74) is 4.18. The van der Waals surface area contributed by atoms with E-state index in [0.717, 1.165) is 31.9 Å². The lowest BCUT2D eigenvalue weighted by molar-refractivity contribution is 0.600. The standard InChI is InChI=1S/C21H18N2O2S2/c1-15-13-17(21-22-19-9-5-6-10-20(19)26-21)11-12-18(15)23-27(24,25)14-16-7-3-2-4-8-16/h2-13,23H,14H2,1H3. The Kier molecular flexibility index (Phi) is 4.68. The van der Waals surface area contributed by atoms with Gasteiger partial charge in [-0.1, -0.05) is 42.5 Å². The molecule has 0 aliphatic carbocycles. The monoisotopic (exact) mass is 394 g/mol. The van der Waals surface area contributed by atoms with Crippen LogP contribution in [0.5, 0.6) is 0 Å². The van der Waals surface area contributed by atoms with Crippen LogP contribution in [0.15, 0.2) is 72.8 Å². The molecular formula is C21H18N2O2S2. The third kappa shape index (κ3) is 4.02. The van der Waals surface area contributed by atoms with Crippen molar-refractivity contribution in [3.63, 3.8) is 0 Å². The number of hydrogen-bond acceptors (Lipinski definition) is 4. The Labute approximate surface area is 162 Å². The van der Waals surface area contributed by atoms with Crippen LogP contribution < -0.4 is 4.72 Å². The minimum absolute atomic E-state index is 0.0487. The number of para-hydroxylation sites is 1. The van der Waals surface area contributed by atoms with E-state index in [9.17, 15) is 8.42 Å². The predicted octanol–water partition coefficient (Wildman–Crippen LogP) is 5.21. The first-order chi connectivity index (χ1) is 13.0. The Bertz CT molecular complexity index is 1170. The predicted molar refractivity (Wildman–Crippen MR) is 112 cm³/mol. The molecule has 0 radical (unpaired) electrons. The summed E-state index contributed by atoms with van der Waals surface area (Å²) in [6.45, 7) is 1.90. The maximum Gasteiger partial charge on any atom is 0.236 e. The van der Waals surface area contributed by atoms with Crippen molar-refractivity contribution in [1.82, 2.24) is 4.98 Å². The molecule has 3 aromatic carbocycles. The number of anilines is 1. The van der Waals surface area contributed by atoms with Gasteiger partial charge >= 0.3 is 0 Å². The van der Waals surface area contributed by atoms with Gasteiger partial charge in [-0.05, 0) is 48.4 Å². The maximum atomic E-state index is 12.5. The molecule has 4 aromatic rings. The molecule has 27 heavy (non-hydrogen) atoms. The average molecular weight is 395 g/mol. The van der Waals surface area contributed by atoms with Crippen molar-refractivity contribution in [3.8, 4) is 10.6 Å². The molecule has 136 valence electrons. The molecule has 1 N–H and O–H groups in total. The second kappa shape index (κ2) is 7.13. The normalized spacial score (nSPS) is 11.6. The minimum Gasteiger partial charge on any atom is -0.283 e. The van der Waals surface area contributed by atoms with Crippen molar-refractivity contribution in [3.05, 3.63) is 83.9 Å². The average Bonchev–Trinajstić information content (AvgIpc) is 3.08. The smallest absolute Gasteiger partial charge is 0.236 e. The molecule has 0 fully saturated rings. The molecule has 0 unspecified atom stereocenters. The molecule has 0 saturated heterocycles.